The van der Waals surface area contributed by atoms with Gasteiger partial charge in [-0.1, -0.05) is 76.7 Å². The molecule has 0 saturated carbocycles. The molecule has 0 amide bonds. The van der Waals surface area contributed by atoms with E-state index in [9.17, 15) is 5.11 Å². The molecule has 2 aliphatic heterocycles. The van der Waals surface area contributed by atoms with E-state index in [4.69, 9.17) is 14.2 Å². The molecule has 0 bridgehead atoms. The molecule has 4 atom stereocenters. The van der Waals surface area contributed by atoms with Crippen LogP contribution in [-0.2, 0) is 12.8 Å². The molecule has 0 radical (unpaired) electrons. The van der Waals surface area contributed by atoms with Crippen molar-refractivity contribution in [3.05, 3.63) is 69.8 Å². The molecule has 4 aliphatic rings. The van der Waals surface area contributed by atoms with Crippen LogP contribution in [0.25, 0.3) is 0 Å². The monoisotopic (exact) mass is 727 g/mol. The number of halogens is 2. The van der Waals surface area contributed by atoms with E-state index in [-0.39, 0.29) is 26.5 Å². The molecule has 0 unspecified atom stereocenters. The topological polar surface area (TPSA) is 47.9 Å². The van der Waals surface area contributed by atoms with Gasteiger partial charge in [-0.3, -0.25) is 9.41 Å². The van der Waals surface area contributed by atoms with Crippen molar-refractivity contribution in [2.45, 2.75) is 176 Å². The predicted molar refractivity (Wildman–Crippen MR) is 216 cm³/mol. The highest BCUT2D eigenvalue weighted by Crippen LogP contribution is 2.55. The quantitative estimate of drug-likeness (QED) is 0.196. The summed E-state index contributed by atoms with van der Waals surface area (Å²) >= 11 is 0. The van der Waals surface area contributed by atoms with E-state index >= 15 is 0 Å². The second-order valence-electron chi connectivity index (χ2n) is 16.2. The van der Waals surface area contributed by atoms with Crippen molar-refractivity contribution in [2.75, 3.05) is 6.61 Å². The fourth-order valence-electron chi connectivity index (χ4n) is 8.86. The van der Waals surface area contributed by atoms with Crippen molar-refractivity contribution >= 4 is 0 Å². The highest BCUT2D eigenvalue weighted by molar-refractivity contribution is 5.55. The number of phenols is 1. The second kappa shape index (κ2) is 19.9. The molecule has 4 nitrogen and oxygen atoms in total. The molecule has 0 spiro atoms. The van der Waals surface area contributed by atoms with Crippen molar-refractivity contribution in [3.63, 3.8) is 0 Å². The molecule has 6 heteroatoms. The normalized spacial score (nSPS) is 22.8. The minimum absolute atomic E-state index is 0. The summed E-state index contributed by atoms with van der Waals surface area (Å²) in [6.07, 6.45) is 19.0. The molecule has 294 valence electrons. The zero-order valence-corrected chi connectivity index (χ0v) is 34.5. The lowest BCUT2D eigenvalue weighted by molar-refractivity contribution is 0.0102. The molecule has 0 aromatic heterocycles. The van der Waals surface area contributed by atoms with Crippen LogP contribution in [0.3, 0.4) is 0 Å². The van der Waals surface area contributed by atoms with Crippen molar-refractivity contribution in [1.29, 1.82) is 0 Å². The van der Waals surface area contributed by atoms with E-state index < -0.39 is 0 Å². The molecular weight excluding hydrogens is 654 g/mol. The Morgan fingerprint density at radius 2 is 1.12 bits per heavy atom. The van der Waals surface area contributed by atoms with Gasteiger partial charge in [0.1, 0.15) is 34.2 Å². The lowest BCUT2D eigenvalue weighted by Gasteiger charge is -2.46. The Morgan fingerprint density at radius 3 is 1.58 bits per heavy atom. The SMILES string of the molecule is CC.CCCCCc1cc(O)c2c(c1)OC(C)(C)[C@@H]1CCC(C)=C[C@@H]21.CCCCCc1cc(OCC)c2c(c1)OC(C)(C)[C@@H]1CCC(C)=C[C@@H]21.F.F. The number of benzene rings is 2. The number of phenolic OH excluding ortho intramolecular Hbond substituents is 1. The molecule has 2 aliphatic carbocycles. The number of hydrogen-bond acceptors (Lipinski definition) is 4. The highest BCUT2D eigenvalue weighted by atomic mass is 19.0. The Balaban J connectivity index is 0.000000332. The molecule has 1 N–H and O–H groups in total. The van der Waals surface area contributed by atoms with E-state index in [1.807, 2.05) is 19.9 Å². The van der Waals surface area contributed by atoms with Crippen LogP contribution < -0.4 is 14.2 Å². The van der Waals surface area contributed by atoms with E-state index in [1.54, 1.807) is 0 Å². The Bertz CT molecular complexity index is 1490. The van der Waals surface area contributed by atoms with Crippen LogP contribution in [0.15, 0.2) is 47.6 Å². The van der Waals surface area contributed by atoms with E-state index in [1.165, 1.54) is 79.2 Å². The molecule has 2 aromatic rings. The Kier molecular flexibility index (Phi) is 17.3. The van der Waals surface area contributed by atoms with Crippen molar-refractivity contribution in [2.24, 2.45) is 11.8 Å². The van der Waals surface area contributed by atoms with Crippen LogP contribution in [0.1, 0.15) is 174 Å². The smallest absolute Gasteiger partial charge is 0.127 e. The largest absolute Gasteiger partial charge is 0.507 e. The number of allylic oxidation sites excluding steroid dienone is 4. The second-order valence-corrected chi connectivity index (χ2v) is 16.2. The molecule has 6 rings (SSSR count). The molecular formula is C46H72F2O4. The third-order valence-corrected chi connectivity index (χ3v) is 11.5. The number of unbranched alkanes of at least 4 members (excludes halogenated alkanes) is 4. The van der Waals surface area contributed by atoms with Gasteiger partial charge in [-0.2, -0.15) is 0 Å². The maximum atomic E-state index is 10.7. The zero-order chi connectivity index (χ0) is 36.6. The number of hydrogen-bond donors (Lipinski definition) is 1. The minimum Gasteiger partial charge on any atom is -0.507 e. The van der Waals surface area contributed by atoms with Crippen LogP contribution in [0.4, 0.5) is 9.41 Å². The van der Waals surface area contributed by atoms with Gasteiger partial charge >= 0.3 is 0 Å². The fraction of sp³-hybridized carbons (Fsp3) is 0.652. The average Bonchev–Trinajstić information content (AvgIpc) is 3.05. The first kappa shape index (κ1) is 45.1. The summed E-state index contributed by atoms with van der Waals surface area (Å²) in [4.78, 5) is 0. The van der Waals surface area contributed by atoms with Crippen molar-refractivity contribution in [3.8, 4) is 23.0 Å². The lowest BCUT2D eigenvalue weighted by atomic mass is 9.68. The van der Waals surface area contributed by atoms with Crippen LogP contribution >= 0.6 is 0 Å². The molecule has 2 heterocycles. The number of ether oxygens (including phenoxy) is 3. The number of rotatable bonds is 10. The van der Waals surface area contributed by atoms with Crippen molar-refractivity contribution in [1.82, 2.24) is 0 Å². The number of aryl methyl sites for hydroxylation is 2. The first-order valence-corrected chi connectivity index (χ1v) is 20.3. The molecule has 0 fully saturated rings. The first-order chi connectivity index (χ1) is 23.9. The van der Waals surface area contributed by atoms with Gasteiger partial charge in [0.2, 0.25) is 0 Å². The zero-order valence-electron chi connectivity index (χ0n) is 34.5. The van der Waals surface area contributed by atoms with Crippen LogP contribution in [0.5, 0.6) is 23.0 Å². The van der Waals surface area contributed by atoms with Crippen LogP contribution in [0.2, 0.25) is 0 Å². The van der Waals surface area contributed by atoms with Crippen LogP contribution in [0, 0.1) is 11.8 Å². The Labute approximate surface area is 315 Å². The number of aromatic hydroxyl groups is 1. The summed E-state index contributed by atoms with van der Waals surface area (Å²) in [7, 11) is 0. The predicted octanol–water partition coefficient (Wildman–Crippen LogP) is 13.5. The standard InChI is InChI=1S/C23H34O2.C21H30O2.C2H6.2FH/c1-6-8-9-10-17-14-20(24-7-2)22-18-13-16(3)11-12-19(18)23(4,5)25-21(22)15-17;1-5-6-7-8-15-12-18(22)20-16-11-14(2)9-10-17(16)21(3,4)23-19(20)13-15;1-2;;/h13-15,18-19H,6-12H2,1-5H3;11-13,16-17,22H,5-10H2,1-4H3;1-2H3;2*1H/t18-,19-;16-,17-;;;/m11.../s1. The molecule has 0 saturated heterocycles. The van der Waals surface area contributed by atoms with E-state index in [0.717, 1.165) is 48.5 Å². The van der Waals surface area contributed by atoms with Gasteiger partial charge in [0, 0.05) is 34.8 Å². The van der Waals surface area contributed by atoms with Gasteiger partial charge in [-0.25, -0.2) is 0 Å². The highest BCUT2D eigenvalue weighted by Gasteiger charge is 2.46. The molecule has 2 aromatic carbocycles. The van der Waals surface area contributed by atoms with E-state index in [2.05, 4.69) is 92.7 Å². The summed E-state index contributed by atoms with van der Waals surface area (Å²) in [5, 5.41) is 10.7. The average molecular weight is 727 g/mol. The Morgan fingerprint density at radius 1 is 0.673 bits per heavy atom. The lowest BCUT2D eigenvalue weighted by Crippen LogP contribution is -2.45. The third-order valence-electron chi connectivity index (χ3n) is 11.5. The van der Waals surface area contributed by atoms with Gasteiger partial charge in [0.25, 0.3) is 0 Å². The van der Waals surface area contributed by atoms with E-state index in [0.29, 0.717) is 30.1 Å². The summed E-state index contributed by atoms with van der Waals surface area (Å²) < 4.78 is 19.0. The van der Waals surface area contributed by atoms with Crippen molar-refractivity contribution < 1.29 is 28.7 Å². The maximum absolute atomic E-state index is 10.7. The van der Waals surface area contributed by atoms with Gasteiger partial charge in [0.15, 0.2) is 0 Å². The van der Waals surface area contributed by atoms with Gasteiger partial charge in [-0.15, -0.1) is 0 Å². The first-order valence-electron chi connectivity index (χ1n) is 20.3. The fourth-order valence-corrected chi connectivity index (χ4v) is 8.86. The van der Waals surface area contributed by atoms with Crippen LogP contribution in [-0.4, -0.2) is 22.9 Å². The number of fused-ring (bicyclic) bond motifs is 6. The summed E-state index contributed by atoms with van der Waals surface area (Å²) in [6.45, 7) is 24.6. The minimum atomic E-state index is -0.177. The molecule has 52 heavy (non-hydrogen) atoms. The summed E-state index contributed by atoms with van der Waals surface area (Å²) in [5.74, 6) is 5.08. The van der Waals surface area contributed by atoms with Gasteiger partial charge in [0.05, 0.1) is 6.61 Å². The van der Waals surface area contributed by atoms with Gasteiger partial charge < -0.3 is 19.3 Å². The Hall–Kier alpha value is -3.02. The summed E-state index contributed by atoms with van der Waals surface area (Å²) in [5.41, 5.74) is 7.46. The maximum Gasteiger partial charge on any atom is 0.127 e. The van der Waals surface area contributed by atoms with Gasteiger partial charge in [-0.05, 0) is 135 Å². The summed E-state index contributed by atoms with van der Waals surface area (Å²) in [6, 6.07) is 8.68. The third kappa shape index (κ3) is 10.3.